The van der Waals surface area contributed by atoms with Gasteiger partial charge in [0, 0.05) is 12.0 Å². The lowest BCUT2D eigenvalue weighted by atomic mass is 9.82. The van der Waals surface area contributed by atoms with E-state index in [0.29, 0.717) is 5.56 Å². The number of carbonyl (C=O) groups excluding carboxylic acids is 1. The minimum absolute atomic E-state index is 0.00362. The van der Waals surface area contributed by atoms with Crippen molar-refractivity contribution in [1.29, 1.82) is 0 Å². The number of carboxylic acid groups (broad SMARTS) is 1. The zero-order valence-corrected chi connectivity index (χ0v) is 11.4. The van der Waals surface area contributed by atoms with Gasteiger partial charge in [0.15, 0.2) is 5.78 Å². The van der Waals surface area contributed by atoms with Crippen molar-refractivity contribution in [3.63, 3.8) is 0 Å². The van der Waals surface area contributed by atoms with Gasteiger partial charge < -0.3 is 5.11 Å². The fourth-order valence-electron chi connectivity index (χ4n) is 2.13. The molecule has 0 atom stereocenters. The van der Waals surface area contributed by atoms with Crippen molar-refractivity contribution in [2.45, 2.75) is 40.5 Å². The van der Waals surface area contributed by atoms with E-state index in [1.165, 1.54) is 0 Å². The molecule has 1 rings (SSSR count). The Kier molecular flexibility index (Phi) is 4.28. The number of Topliss-reactive ketones (excluding diaryl/α,β-unsaturated/α-hetero) is 1. The molecule has 0 spiro atoms. The van der Waals surface area contributed by atoms with Crippen molar-refractivity contribution < 1.29 is 14.7 Å². The highest BCUT2D eigenvalue weighted by atomic mass is 16.4. The van der Waals surface area contributed by atoms with Gasteiger partial charge in [0.25, 0.3) is 0 Å². The molecule has 0 unspecified atom stereocenters. The van der Waals surface area contributed by atoms with E-state index in [1.807, 2.05) is 45.9 Å². The van der Waals surface area contributed by atoms with Crippen molar-refractivity contribution >= 4 is 11.8 Å². The van der Waals surface area contributed by atoms with Gasteiger partial charge in [-0.1, -0.05) is 37.6 Å². The Morgan fingerprint density at radius 1 is 1.17 bits per heavy atom. The van der Waals surface area contributed by atoms with Gasteiger partial charge in [0.1, 0.15) is 0 Å². The summed E-state index contributed by atoms with van der Waals surface area (Å²) in [5, 5.41) is 8.81. The van der Waals surface area contributed by atoms with E-state index in [1.54, 1.807) is 0 Å². The lowest BCUT2D eigenvalue weighted by Crippen LogP contribution is -2.21. The molecule has 0 amide bonds. The molecule has 0 bridgehead atoms. The number of hydrogen-bond donors (Lipinski definition) is 1. The van der Waals surface area contributed by atoms with E-state index in [0.717, 1.165) is 11.1 Å². The minimum atomic E-state index is -0.867. The van der Waals surface area contributed by atoms with Gasteiger partial charge in [-0.05, 0) is 24.8 Å². The number of carboxylic acids is 1. The first-order valence-electron chi connectivity index (χ1n) is 6.03. The van der Waals surface area contributed by atoms with Gasteiger partial charge in [-0.25, -0.2) is 0 Å². The lowest BCUT2D eigenvalue weighted by Gasteiger charge is -2.21. The van der Waals surface area contributed by atoms with Gasteiger partial charge in [-0.15, -0.1) is 0 Å². The Hall–Kier alpha value is -1.64. The van der Waals surface area contributed by atoms with Crippen molar-refractivity contribution in [3.05, 3.63) is 34.9 Å². The van der Waals surface area contributed by atoms with Gasteiger partial charge in [0.2, 0.25) is 0 Å². The highest BCUT2D eigenvalue weighted by molar-refractivity contribution is 5.98. The number of rotatable bonds is 5. The Morgan fingerprint density at radius 2 is 1.78 bits per heavy atom. The van der Waals surface area contributed by atoms with Gasteiger partial charge in [-0.3, -0.25) is 9.59 Å². The van der Waals surface area contributed by atoms with Crippen LogP contribution in [0, 0.1) is 19.3 Å². The molecule has 3 heteroatoms. The summed E-state index contributed by atoms with van der Waals surface area (Å²) in [5.74, 6) is -0.854. The molecule has 0 fully saturated rings. The summed E-state index contributed by atoms with van der Waals surface area (Å²) >= 11 is 0. The van der Waals surface area contributed by atoms with E-state index >= 15 is 0 Å². The second-order valence-corrected chi connectivity index (χ2v) is 5.65. The molecular formula is C15H20O3. The summed E-state index contributed by atoms with van der Waals surface area (Å²) in [5.41, 5.74) is 2.25. The van der Waals surface area contributed by atoms with Crippen molar-refractivity contribution in [3.8, 4) is 0 Å². The topological polar surface area (TPSA) is 54.4 Å². The second kappa shape index (κ2) is 5.34. The van der Waals surface area contributed by atoms with E-state index < -0.39 is 11.4 Å². The normalized spacial score (nSPS) is 11.3. The zero-order chi connectivity index (χ0) is 13.9. The maximum absolute atomic E-state index is 12.2. The number of ketones is 1. The van der Waals surface area contributed by atoms with Crippen LogP contribution in [-0.4, -0.2) is 16.9 Å². The summed E-state index contributed by atoms with van der Waals surface area (Å²) < 4.78 is 0. The van der Waals surface area contributed by atoms with E-state index in [4.69, 9.17) is 5.11 Å². The molecule has 1 N–H and O–H groups in total. The molecule has 0 heterocycles. The largest absolute Gasteiger partial charge is 0.481 e. The van der Waals surface area contributed by atoms with Crippen LogP contribution in [0.3, 0.4) is 0 Å². The predicted molar refractivity (Wildman–Crippen MR) is 70.9 cm³/mol. The number of carbonyl (C=O) groups is 2. The summed E-state index contributed by atoms with van der Waals surface area (Å²) in [4.78, 5) is 22.9. The minimum Gasteiger partial charge on any atom is -0.481 e. The van der Waals surface area contributed by atoms with Crippen molar-refractivity contribution in [1.82, 2.24) is 0 Å². The van der Waals surface area contributed by atoms with E-state index in [2.05, 4.69) is 0 Å². The highest BCUT2D eigenvalue weighted by Gasteiger charge is 2.26. The zero-order valence-electron chi connectivity index (χ0n) is 11.4. The third-order valence-electron chi connectivity index (χ3n) is 2.95. The molecule has 0 aliphatic carbocycles. The molecule has 0 aliphatic heterocycles. The molecule has 0 radical (unpaired) electrons. The smallest absolute Gasteiger partial charge is 0.303 e. The fraction of sp³-hybridized carbons (Fsp3) is 0.467. The van der Waals surface area contributed by atoms with Crippen LogP contribution >= 0.6 is 0 Å². The van der Waals surface area contributed by atoms with Crippen LogP contribution < -0.4 is 0 Å². The maximum Gasteiger partial charge on any atom is 0.303 e. The molecule has 18 heavy (non-hydrogen) atoms. The van der Waals surface area contributed by atoms with Crippen LogP contribution in [-0.2, 0) is 4.79 Å². The summed E-state index contributed by atoms with van der Waals surface area (Å²) in [6, 6.07) is 5.70. The summed E-state index contributed by atoms with van der Waals surface area (Å²) in [7, 11) is 0. The third kappa shape index (κ3) is 3.99. The predicted octanol–water partition coefficient (Wildman–Crippen LogP) is 3.38. The number of hydrogen-bond acceptors (Lipinski definition) is 2. The molecule has 1 aromatic carbocycles. The molecule has 1 aromatic rings. The Balaban J connectivity index is 2.85. The van der Waals surface area contributed by atoms with Crippen LogP contribution in [0.2, 0.25) is 0 Å². The number of benzene rings is 1. The first-order chi connectivity index (χ1) is 8.21. The summed E-state index contributed by atoms with van der Waals surface area (Å²) in [6.45, 7) is 7.51. The number of aliphatic carboxylic acids is 1. The Morgan fingerprint density at radius 3 is 2.28 bits per heavy atom. The van der Waals surface area contributed by atoms with Crippen molar-refractivity contribution in [2.24, 2.45) is 5.41 Å². The average molecular weight is 248 g/mol. The van der Waals surface area contributed by atoms with Crippen LogP contribution in [0.4, 0.5) is 0 Å². The Labute approximate surface area is 108 Å². The van der Waals surface area contributed by atoms with Gasteiger partial charge in [0.05, 0.1) is 6.42 Å². The first-order valence-corrected chi connectivity index (χ1v) is 6.03. The first kappa shape index (κ1) is 14.4. The third-order valence-corrected chi connectivity index (χ3v) is 2.95. The maximum atomic E-state index is 12.2. The van der Waals surface area contributed by atoms with Crippen molar-refractivity contribution in [2.75, 3.05) is 0 Å². The van der Waals surface area contributed by atoms with E-state index in [9.17, 15) is 9.59 Å². The molecule has 98 valence electrons. The second-order valence-electron chi connectivity index (χ2n) is 5.65. The van der Waals surface area contributed by atoms with Crippen LogP contribution in [0.25, 0.3) is 0 Å². The Bertz CT molecular complexity index is 473. The summed E-state index contributed by atoms with van der Waals surface area (Å²) in [6.07, 6.45) is 0.257. The number of aryl methyl sites for hydroxylation is 2. The standard InChI is InChI=1S/C15H20O3/c1-10-5-6-12(11(2)7-10)13(16)8-15(3,4)9-14(17)18/h5-7H,8-9H2,1-4H3,(H,17,18). The van der Waals surface area contributed by atoms with Gasteiger partial charge >= 0.3 is 5.97 Å². The molecule has 0 saturated heterocycles. The monoisotopic (exact) mass is 248 g/mol. The van der Waals surface area contributed by atoms with Crippen LogP contribution in [0.5, 0.6) is 0 Å². The lowest BCUT2D eigenvalue weighted by molar-refractivity contribution is -0.139. The van der Waals surface area contributed by atoms with Crippen LogP contribution in [0.1, 0.15) is 48.2 Å². The molecule has 0 aliphatic rings. The molecule has 3 nitrogen and oxygen atoms in total. The average Bonchev–Trinajstić information content (AvgIpc) is 2.13. The highest BCUT2D eigenvalue weighted by Crippen LogP contribution is 2.27. The fourth-order valence-corrected chi connectivity index (χ4v) is 2.13. The van der Waals surface area contributed by atoms with Crippen LogP contribution in [0.15, 0.2) is 18.2 Å². The van der Waals surface area contributed by atoms with Gasteiger partial charge in [-0.2, -0.15) is 0 Å². The molecule has 0 saturated carbocycles. The quantitative estimate of drug-likeness (QED) is 0.813. The molecule has 0 aromatic heterocycles. The van der Waals surface area contributed by atoms with E-state index in [-0.39, 0.29) is 18.6 Å². The SMILES string of the molecule is Cc1ccc(C(=O)CC(C)(C)CC(=O)O)c(C)c1. The molecular weight excluding hydrogens is 228 g/mol.